The Morgan fingerprint density at radius 2 is 1.97 bits per heavy atom. The Balaban J connectivity index is 1.42. The van der Waals surface area contributed by atoms with E-state index in [1.807, 2.05) is 0 Å². The molecule has 2 aromatic rings. The highest BCUT2D eigenvalue weighted by atomic mass is 19.1. The van der Waals surface area contributed by atoms with Crippen molar-refractivity contribution in [3.05, 3.63) is 35.7 Å². The second kappa shape index (κ2) is 10.1. The fourth-order valence-electron chi connectivity index (χ4n) is 3.88. The number of cyclic esters (lactones) is 1. The number of ether oxygens (including phenoxy) is 1. The summed E-state index contributed by atoms with van der Waals surface area (Å²) in [6.45, 7) is 1.97. The molecule has 11 nitrogen and oxygen atoms in total. The summed E-state index contributed by atoms with van der Waals surface area (Å²) in [6.07, 6.45) is 0.766. The molecule has 13 heteroatoms. The Hall–Kier alpha value is -3.61. The maximum Gasteiger partial charge on any atom is 0.414 e. The number of carbonyl (C=O) groups excluding carboxylic acids is 3. The zero-order valence-electron chi connectivity index (χ0n) is 18.5. The maximum atomic E-state index is 15.0. The first kappa shape index (κ1) is 23.5. The van der Waals surface area contributed by atoms with Crippen molar-refractivity contribution in [1.29, 1.82) is 0 Å². The number of rotatable bonds is 7. The van der Waals surface area contributed by atoms with Crippen LogP contribution in [0.1, 0.15) is 25.5 Å². The second-order valence-corrected chi connectivity index (χ2v) is 8.07. The number of nitrogens with zero attached hydrogens (tertiary/aromatic N) is 5. The minimum atomic E-state index is -0.850. The van der Waals surface area contributed by atoms with Crippen LogP contribution in [-0.4, -0.2) is 77.1 Å². The molecule has 0 aliphatic carbocycles. The van der Waals surface area contributed by atoms with E-state index in [1.165, 1.54) is 18.0 Å². The topological polar surface area (TPSA) is 121 Å². The van der Waals surface area contributed by atoms with Crippen LogP contribution >= 0.6 is 0 Å². The van der Waals surface area contributed by atoms with E-state index in [0.717, 1.165) is 22.1 Å². The van der Waals surface area contributed by atoms with Crippen LogP contribution in [0.5, 0.6) is 0 Å². The van der Waals surface area contributed by atoms with Gasteiger partial charge in [0.15, 0.2) is 11.6 Å². The number of Topliss-reactive ketones (excluding diaryl/α,β-unsaturated/α-hetero) is 1. The van der Waals surface area contributed by atoms with E-state index in [1.54, 1.807) is 0 Å². The van der Waals surface area contributed by atoms with Crippen LogP contribution in [0.15, 0.2) is 18.3 Å². The highest BCUT2D eigenvalue weighted by molar-refractivity contribution is 5.90. The van der Waals surface area contributed by atoms with Gasteiger partial charge in [-0.2, -0.15) is 15.4 Å². The summed E-state index contributed by atoms with van der Waals surface area (Å²) in [7, 11) is 0. The van der Waals surface area contributed by atoms with E-state index in [4.69, 9.17) is 9.57 Å². The Kier molecular flexibility index (Phi) is 7.01. The molecule has 0 bridgehead atoms. The number of hydroxylamine groups is 2. The summed E-state index contributed by atoms with van der Waals surface area (Å²) < 4.78 is 35.3. The van der Waals surface area contributed by atoms with Crippen molar-refractivity contribution in [2.45, 2.75) is 32.3 Å². The predicted molar refractivity (Wildman–Crippen MR) is 114 cm³/mol. The third kappa shape index (κ3) is 5.30. The summed E-state index contributed by atoms with van der Waals surface area (Å²) in [4.78, 5) is 43.8. The number of hydrogen-bond acceptors (Lipinski definition) is 8. The number of benzene rings is 1. The molecule has 2 amide bonds. The van der Waals surface area contributed by atoms with Gasteiger partial charge in [0.05, 0.1) is 43.7 Å². The molecule has 1 N–H and O–H groups in total. The number of aromatic nitrogens is 3. The number of halogens is 2. The van der Waals surface area contributed by atoms with Crippen LogP contribution in [0, 0.1) is 11.6 Å². The van der Waals surface area contributed by atoms with E-state index in [2.05, 4.69) is 15.4 Å². The Bertz CT molecular complexity index is 1040. The highest BCUT2D eigenvalue weighted by Crippen LogP contribution is 2.32. The van der Waals surface area contributed by atoms with Crippen molar-refractivity contribution < 1.29 is 32.7 Å². The first-order chi connectivity index (χ1) is 16.3. The van der Waals surface area contributed by atoms with Gasteiger partial charge in [-0.3, -0.25) is 14.5 Å². The van der Waals surface area contributed by atoms with Crippen molar-refractivity contribution in [3.8, 4) is 0 Å². The summed E-state index contributed by atoms with van der Waals surface area (Å²) in [6, 6.07) is 2.15. The van der Waals surface area contributed by atoms with E-state index in [-0.39, 0.29) is 68.7 Å². The molecule has 34 heavy (non-hydrogen) atoms. The quantitative estimate of drug-likeness (QED) is 0.637. The number of nitrogens with one attached hydrogen (secondary N) is 1. The van der Waals surface area contributed by atoms with Gasteiger partial charge in [-0.05, 0) is 13.3 Å². The summed E-state index contributed by atoms with van der Waals surface area (Å²) in [5, 5.41) is 11.0. The third-order valence-electron chi connectivity index (χ3n) is 5.58. The maximum absolute atomic E-state index is 15.0. The predicted octanol–water partition coefficient (Wildman–Crippen LogP) is 1.60. The first-order valence-corrected chi connectivity index (χ1v) is 10.8. The highest BCUT2D eigenvalue weighted by Gasteiger charge is 2.34. The molecule has 0 spiro atoms. The zero-order chi connectivity index (χ0) is 24.2. The smallest absolute Gasteiger partial charge is 0.414 e. The molecular weight excluding hydrogens is 454 g/mol. The van der Waals surface area contributed by atoms with Crippen molar-refractivity contribution in [3.63, 3.8) is 0 Å². The number of ketones is 1. The Morgan fingerprint density at radius 3 is 2.65 bits per heavy atom. The van der Waals surface area contributed by atoms with Crippen LogP contribution in [0.3, 0.4) is 0 Å². The van der Waals surface area contributed by atoms with Crippen LogP contribution in [-0.2, 0) is 25.6 Å². The lowest BCUT2D eigenvalue weighted by Crippen LogP contribution is -2.35. The molecule has 0 saturated carbocycles. The van der Waals surface area contributed by atoms with Gasteiger partial charge in [0.1, 0.15) is 17.6 Å². The van der Waals surface area contributed by atoms with Gasteiger partial charge in [0.2, 0.25) is 0 Å². The van der Waals surface area contributed by atoms with Crippen molar-refractivity contribution in [2.24, 2.45) is 0 Å². The van der Waals surface area contributed by atoms with Gasteiger partial charge in [-0.25, -0.2) is 18.6 Å². The van der Waals surface area contributed by atoms with Gasteiger partial charge in [0.25, 0.3) is 5.91 Å². The fraction of sp³-hybridized carbons (Fsp3) is 0.476. The van der Waals surface area contributed by atoms with Gasteiger partial charge in [-0.15, -0.1) is 0 Å². The lowest BCUT2D eigenvalue weighted by atomic mass is 10.1. The van der Waals surface area contributed by atoms with Gasteiger partial charge in [-0.1, -0.05) is 0 Å². The summed E-state index contributed by atoms with van der Waals surface area (Å²) in [5.74, 6) is -2.08. The lowest BCUT2D eigenvalue weighted by Gasteiger charge is -2.24. The largest absolute Gasteiger partial charge is 0.444 e. The SMILES string of the molecule is CC(=O)CC[C@H]1CN(c2cc(F)c(N3CCON(C(=O)Cc4cn[nH]n4)CC3)c(F)c2)C(=O)O1. The Morgan fingerprint density at radius 1 is 1.21 bits per heavy atom. The fourth-order valence-corrected chi connectivity index (χ4v) is 3.88. The van der Waals surface area contributed by atoms with Crippen LogP contribution in [0.4, 0.5) is 25.0 Å². The number of amides is 2. The molecule has 3 heterocycles. The molecule has 0 unspecified atom stereocenters. The van der Waals surface area contributed by atoms with Gasteiger partial charge < -0.3 is 14.4 Å². The third-order valence-corrected chi connectivity index (χ3v) is 5.58. The number of H-pyrrole nitrogens is 1. The number of anilines is 2. The number of aromatic amines is 1. The standard InChI is InChI=1S/C21H24F2N6O5/c1-13(30)2-3-16-12-28(21(32)34-16)15-9-17(22)20(18(23)10-15)27-4-5-29(33-7-6-27)19(31)8-14-11-24-26-25-14/h9-11,16H,2-8,12H2,1H3,(H,24,25,26)/t16-/m0/s1. The van der Waals surface area contributed by atoms with E-state index >= 15 is 8.78 Å². The van der Waals surface area contributed by atoms with Crippen molar-refractivity contribution in [2.75, 3.05) is 42.6 Å². The van der Waals surface area contributed by atoms with Gasteiger partial charge >= 0.3 is 6.09 Å². The summed E-state index contributed by atoms with van der Waals surface area (Å²) in [5.41, 5.74) is 0.217. The monoisotopic (exact) mass is 478 g/mol. The van der Waals surface area contributed by atoms with Gasteiger partial charge in [0, 0.05) is 31.6 Å². The molecular formula is C21H24F2N6O5. The molecule has 1 aromatic carbocycles. The van der Waals surface area contributed by atoms with Crippen LogP contribution < -0.4 is 9.80 Å². The molecule has 1 aromatic heterocycles. The molecule has 2 fully saturated rings. The molecule has 0 radical (unpaired) electrons. The van der Waals surface area contributed by atoms with E-state index < -0.39 is 23.8 Å². The van der Waals surface area contributed by atoms with E-state index in [9.17, 15) is 14.4 Å². The molecule has 182 valence electrons. The first-order valence-electron chi connectivity index (χ1n) is 10.8. The van der Waals surface area contributed by atoms with Crippen molar-refractivity contribution in [1.82, 2.24) is 20.5 Å². The normalized spacial score (nSPS) is 18.7. The minimum Gasteiger partial charge on any atom is -0.444 e. The Labute approximate surface area is 193 Å². The molecule has 2 saturated heterocycles. The second-order valence-electron chi connectivity index (χ2n) is 8.07. The molecule has 2 aliphatic rings. The number of hydrogen-bond donors (Lipinski definition) is 1. The average molecular weight is 478 g/mol. The summed E-state index contributed by atoms with van der Waals surface area (Å²) >= 11 is 0. The lowest BCUT2D eigenvalue weighted by molar-refractivity contribution is -0.181. The average Bonchev–Trinajstić information content (AvgIpc) is 3.35. The minimum absolute atomic E-state index is 0.0206. The molecule has 4 rings (SSSR count). The van der Waals surface area contributed by atoms with Crippen molar-refractivity contribution >= 4 is 29.2 Å². The zero-order valence-corrected chi connectivity index (χ0v) is 18.5. The number of carbonyl (C=O) groups is 3. The van der Waals surface area contributed by atoms with Crippen LogP contribution in [0.2, 0.25) is 0 Å². The van der Waals surface area contributed by atoms with E-state index in [0.29, 0.717) is 12.1 Å². The molecule has 2 aliphatic heterocycles. The van der Waals surface area contributed by atoms with Crippen LogP contribution in [0.25, 0.3) is 0 Å². The molecule has 1 atom stereocenters.